The molecule has 0 aromatic carbocycles. The van der Waals surface area contributed by atoms with Gasteiger partial charge in [-0.05, 0) is 39.8 Å². The first-order valence-corrected chi connectivity index (χ1v) is 9.06. The number of rotatable bonds is 7. The predicted octanol–water partition coefficient (Wildman–Crippen LogP) is 2.71. The molecular formula is C15H21N2O5P. The summed E-state index contributed by atoms with van der Waals surface area (Å²) in [6.45, 7) is 7.81. The fourth-order valence-electron chi connectivity index (χ4n) is 2.22. The number of ether oxygens (including phenoxy) is 1. The lowest BCUT2D eigenvalue weighted by Gasteiger charge is -2.18. The van der Waals surface area contributed by atoms with Gasteiger partial charge in [0.2, 0.25) is 0 Å². The van der Waals surface area contributed by atoms with Gasteiger partial charge in [0.05, 0.1) is 19.8 Å². The van der Waals surface area contributed by atoms with Crippen molar-refractivity contribution in [1.29, 1.82) is 0 Å². The summed E-state index contributed by atoms with van der Waals surface area (Å²) in [5.74, 6) is -0.524. The fourth-order valence-corrected chi connectivity index (χ4v) is 3.91. The zero-order chi connectivity index (χ0) is 17.0. The summed E-state index contributed by atoms with van der Waals surface area (Å²) in [5.41, 5.74) is 1.37. The zero-order valence-corrected chi connectivity index (χ0v) is 14.6. The van der Waals surface area contributed by atoms with Crippen LogP contribution in [-0.2, 0) is 18.3 Å². The van der Waals surface area contributed by atoms with Crippen molar-refractivity contribution in [3.63, 3.8) is 0 Å². The van der Waals surface area contributed by atoms with Crippen LogP contribution in [0.1, 0.15) is 37.0 Å². The molecule has 0 radical (unpaired) electrons. The summed E-state index contributed by atoms with van der Waals surface area (Å²) in [6, 6.07) is 3.45. The Morgan fingerprint density at radius 2 is 1.83 bits per heavy atom. The summed E-state index contributed by atoms with van der Waals surface area (Å²) >= 11 is 0. The van der Waals surface area contributed by atoms with Crippen LogP contribution in [0.15, 0.2) is 18.3 Å². The molecule has 23 heavy (non-hydrogen) atoms. The van der Waals surface area contributed by atoms with Crippen molar-refractivity contribution in [3.8, 4) is 0 Å². The number of aryl methyl sites for hydroxylation is 1. The van der Waals surface area contributed by atoms with Gasteiger partial charge in [0.25, 0.3) is 0 Å². The van der Waals surface area contributed by atoms with Crippen LogP contribution in [0, 0.1) is 6.92 Å². The molecule has 0 aliphatic carbocycles. The van der Waals surface area contributed by atoms with Gasteiger partial charge in [-0.25, -0.2) is 9.78 Å². The van der Waals surface area contributed by atoms with Crippen LogP contribution >= 0.6 is 7.60 Å². The number of esters is 1. The Morgan fingerprint density at radius 3 is 2.39 bits per heavy atom. The van der Waals surface area contributed by atoms with Crippen molar-refractivity contribution < 1.29 is 23.1 Å². The fraction of sp³-hybridized carbons (Fsp3) is 0.467. The first kappa shape index (κ1) is 17.7. The standard InChI is InChI=1S/C15H21N2O5P/c1-5-20-15(18)12-10-17-11(4)8-9-13(14(17)16-12)23(19,21-6-2)22-7-3/h8-10H,5-7H2,1-4H3. The molecule has 0 fully saturated rings. The van der Waals surface area contributed by atoms with E-state index in [4.69, 9.17) is 13.8 Å². The zero-order valence-electron chi connectivity index (χ0n) is 13.7. The van der Waals surface area contributed by atoms with Crippen LogP contribution in [0.4, 0.5) is 0 Å². The molecule has 0 N–H and O–H groups in total. The monoisotopic (exact) mass is 340 g/mol. The van der Waals surface area contributed by atoms with Crippen LogP contribution in [0.3, 0.4) is 0 Å². The molecule has 0 unspecified atom stereocenters. The highest BCUT2D eigenvalue weighted by Gasteiger charge is 2.31. The van der Waals surface area contributed by atoms with E-state index in [-0.39, 0.29) is 25.5 Å². The highest BCUT2D eigenvalue weighted by Crippen LogP contribution is 2.47. The molecule has 0 bridgehead atoms. The molecule has 126 valence electrons. The van der Waals surface area contributed by atoms with Crippen molar-refractivity contribution in [2.45, 2.75) is 27.7 Å². The first-order valence-electron chi connectivity index (χ1n) is 7.52. The van der Waals surface area contributed by atoms with Gasteiger partial charge in [0.15, 0.2) is 11.3 Å². The van der Waals surface area contributed by atoms with Crippen molar-refractivity contribution in [1.82, 2.24) is 9.38 Å². The number of imidazole rings is 1. The molecule has 2 heterocycles. The Labute approximate surface area is 135 Å². The van der Waals surface area contributed by atoms with Gasteiger partial charge in [-0.2, -0.15) is 0 Å². The second-order valence-corrected chi connectivity index (χ2v) is 6.73. The third kappa shape index (κ3) is 3.47. The van der Waals surface area contributed by atoms with E-state index >= 15 is 0 Å². The number of fused-ring (bicyclic) bond motifs is 1. The molecule has 0 amide bonds. The third-order valence-corrected chi connectivity index (χ3v) is 5.31. The highest BCUT2D eigenvalue weighted by atomic mass is 31.2. The maximum atomic E-state index is 13.0. The molecular weight excluding hydrogens is 319 g/mol. The van der Waals surface area contributed by atoms with Gasteiger partial charge < -0.3 is 18.2 Å². The van der Waals surface area contributed by atoms with Gasteiger partial charge in [-0.15, -0.1) is 0 Å². The minimum atomic E-state index is -3.50. The minimum Gasteiger partial charge on any atom is -0.461 e. The first-order chi connectivity index (χ1) is 11.0. The van der Waals surface area contributed by atoms with Crippen LogP contribution in [0.5, 0.6) is 0 Å². The third-order valence-electron chi connectivity index (χ3n) is 3.18. The van der Waals surface area contributed by atoms with E-state index < -0.39 is 13.6 Å². The Hall–Kier alpha value is -1.69. The van der Waals surface area contributed by atoms with Gasteiger partial charge >= 0.3 is 13.6 Å². The van der Waals surface area contributed by atoms with Gasteiger partial charge in [-0.3, -0.25) is 4.57 Å². The number of nitrogens with zero attached hydrogens (tertiary/aromatic N) is 2. The summed E-state index contributed by atoms with van der Waals surface area (Å²) < 4.78 is 30.5. The van der Waals surface area contributed by atoms with Crippen LogP contribution in [0.2, 0.25) is 0 Å². The number of aromatic nitrogens is 2. The van der Waals surface area contributed by atoms with Crippen LogP contribution in [0.25, 0.3) is 5.65 Å². The number of carbonyl (C=O) groups is 1. The molecule has 0 spiro atoms. The number of pyridine rings is 1. The summed E-state index contributed by atoms with van der Waals surface area (Å²) in [6.07, 6.45) is 1.56. The van der Waals surface area contributed by atoms with Crippen molar-refractivity contribution in [2.75, 3.05) is 19.8 Å². The van der Waals surface area contributed by atoms with E-state index in [9.17, 15) is 9.36 Å². The van der Waals surface area contributed by atoms with Crippen molar-refractivity contribution in [2.24, 2.45) is 0 Å². The molecule has 2 aromatic heterocycles. The predicted molar refractivity (Wildman–Crippen MR) is 86.4 cm³/mol. The van der Waals surface area contributed by atoms with E-state index in [1.807, 2.05) is 6.92 Å². The molecule has 2 aromatic rings. The maximum absolute atomic E-state index is 13.0. The molecule has 2 rings (SSSR count). The van der Waals surface area contributed by atoms with Crippen LogP contribution in [-0.4, -0.2) is 35.2 Å². The number of hydrogen-bond acceptors (Lipinski definition) is 6. The Balaban J connectivity index is 2.63. The van der Waals surface area contributed by atoms with Crippen molar-refractivity contribution in [3.05, 3.63) is 29.7 Å². The summed E-state index contributed by atoms with van der Waals surface area (Å²) in [4.78, 5) is 16.2. The van der Waals surface area contributed by atoms with E-state index in [1.165, 1.54) is 0 Å². The minimum absolute atomic E-state index is 0.155. The average Bonchev–Trinajstić information content (AvgIpc) is 2.94. The van der Waals surface area contributed by atoms with Gasteiger partial charge in [0.1, 0.15) is 5.30 Å². The molecule has 0 saturated carbocycles. The molecule has 0 aliphatic heterocycles. The largest absolute Gasteiger partial charge is 0.461 e. The van der Waals surface area contributed by atoms with E-state index in [1.54, 1.807) is 43.5 Å². The van der Waals surface area contributed by atoms with E-state index in [0.717, 1.165) is 5.69 Å². The van der Waals surface area contributed by atoms with E-state index in [2.05, 4.69) is 4.98 Å². The molecule has 0 atom stereocenters. The highest BCUT2D eigenvalue weighted by molar-refractivity contribution is 7.62. The van der Waals surface area contributed by atoms with Crippen molar-refractivity contribution >= 4 is 24.5 Å². The molecule has 8 heteroatoms. The molecule has 7 nitrogen and oxygen atoms in total. The SMILES string of the molecule is CCOC(=O)c1cn2c(C)ccc(P(=O)(OCC)OCC)c2n1. The second-order valence-electron chi connectivity index (χ2n) is 4.73. The molecule has 0 saturated heterocycles. The second kappa shape index (κ2) is 7.25. The summed E-state index contributed by atoms with van der Waals surface area (Å²) in [5, 5.41) is 0.336. The molecule has 0 aliphatic rings. The smallest absolute Gasteiger partial charge is 0.365 e. The lowest BCUT2D eigenvalue weighted by atomic mass is 10.4. The summed E-state index contributed by atoms with van der Waals surface area (Å²) in [7, 11) is -3.50. The lowest BCUT2D eigenvalue weighted by Crippen LogP contribution is -2.15. The van der Waals surface area contributed by atoms with Gasteiger partial charge in [-0.1, -0.05) is 0 Å². The quantitative estimate of drug-likeness (QED) is 0.569. The Bertz CT molecular complexity index is 746. The normalized spacial score (nSPS) is 11.8. The van der Waals surface area contributed by atoms with Gasteiger partial charge in [0, 0.05) is 11.9 Å². The number of hydrogen-bond donors (Lipinski definition) is 0. The van der Waals surface area contributed by atoms with Crippen LogP contribution < -0.4 is 5.30 Å². The topological polar surface area (TPSA) is 79.1 Å². The maximum Gasteiger partial charge on any atom is 0.365 e. The average molecular weight is 340 g/mol. The lowest BCUT2D eigenvalue weighted by molar-refractivity contribution is 0.0520. The Morgan fingerprint density at radius 1 is 1.17 bits per heavy atom. The number of carbonyl (C=O) groups excluding carboxylic acids is 1. The van der Waals surface area contributed by atoms with E-state index in [0.29, 0.717) is 11.0 Å². The Kier molecular flexibility index (Phi) is 5.57.